The predicted octanol–water partition coefficient (Wildman–Crippen LogP) is -0.243. The van der Waals surface area contributed by atoms with Crippen LogP contribution in [0.4, 0.5) is 5.13 Å². The number of hydrogen-bond acceptors (Lipinski definition) is 10. The molecular weight excluding hydrogens is 414 g/mol. The van der Waals surface area contributed by atoms with Crippen molar-refractivity contribution in [1.29, 1.82) is 0 Å². The summed E-state index contributed by atoms with van der Waals surface area (Å²) in [6, 6.07) is -0.835. The number of anilines is 1. The van der Waals surface area contributed by atoms with Gasteiger partial charge in [0.05, 0.1) is 6.04 Å². The zero-order chi connectivity index (χ0) is 22.0. The number of ketones is 1. The first-order valence-electron chi connectivity index (χ1n) is 8.90. The zero-order valence-corrected chi connectivity index (χ0v) is 17.3. The van der Waals surface area contributed by atoms with Gasteiger partial charge in [-0.05, 0) is 19.1 Å². The Hall–Kier alpha value is -3.25. The molecule has 1 fully saturated rings. The van der Waals surface area contributed by atoms with E-state index in [-0.39, 0.29) is 35.1 Å². The minimum atomic E-state index is -0.673. The van der Waals surface area contributed by atoms with E-state index in [9.17, 15) is 19.5 Å². The number of β-lactam (4-membered cyclic amide) rings is 1. The van der Waals surface area contributed by atoms with Crippen molar-refractivity contribution >= 4 is 39.8 Å². The van der Waals surface area contributed by atoms with Crippen LogP contribution in [0.1, 0.15) is 12.6 Å². The molecule has 160 valence electrons. The second-order valence-corrected chi connectivity index (χ2v) is 7.61. The number of nitrogen functional groups attached to an aromatic ring is 1. The molecule has 0 spiro atoms. The highest BCUT2D eigenvalue weighted by Crippen LogP contribution is 2.19. The van der Waals surface area contributed by atoms with Crippen LogP contribution in [-0.4, -0.2) is 77.3 Å². The standard InChI is InChI=1S/C18H21N5O6S/c1-8-14(17(27)23(8)2)21-16(26)15(10-7-30-18(19)20-10)22-29-6-9-4-11(24)12(25)5-13(9)28-3/h4-5,7-8,13-14,25H,6H2,1-3H3,(H2,19,20)(H,21,26)/b22-15+. The maximum atomic E-state index is 12.7. The van der Waals surface area contributed by atoms with Crippen molar-refractivity contribution < 1.29 is 29.1 Å². The third-order valence-corrected chi connectivity index (χ3v) is 5.53. The van der Waals surface area contributed by atoms with Gasteiger partial charge in [-0.15, -0.1) is 11.3 Å². The number of rotatable bonds is 7. The molecule has 1 aromatic heterocycles. The third kappa shape index (κ3) is 4.19. The van der Waals surface area contributed by atoms with Gasteiger partial charge in [-0.25, -0.2) is 4.98 Å². The number of nitrogens with zero attached hydrogens (tertiary/aromatic N) is 3. The van der Waals surface area contributed by atoms with Crippen LogP contribution in [0.3, 0.4) is 0 Å². The second-order valence-electron chi connectivity index (χ2n) is 6.72. The Bertz CT molecular complexity index is 968. The summed E-state index contributed by atoms with van der Waals surface area (Å²) in [5.74, 6) is -1.86. The van der Waals surface area contributed by atoms with Gasteiger partial charge < -0.3 is 30.6 Å². The number of methoxy groups -OCH3 is 1. The number of nitrogens with two attached hydrogens (primary N) is 1. The summed E-state index contributed by atoms with van der Waals surface area (Å²) in [5, 5.41) is 17.8. The Morgan fingerprint density at radius 1 is 1.47 bits per heavy atom. The van der Waals surface area contributed by atoms with Crippen LogP contribution in [0.15, 0.2) is 34.0 Å². The van der Waals surface area contributed by atoms with E-state index in [4.69, 9.17) is 15.3 Å². The third-order valence-electron chi connectivity index (χ3n) is 4.86. The molecule has 12 heteroatoms. The molecule has 0 bridgehead atoms. The Kier molecular flexibility index (Phi) is 6.17. The molecule has 1 aliphatic heterocycles. The highest BCUT2D eigenvalue weighted by molar-refractivity contribution is 7.13. The molecule has 11 nitrogen and oxygen atoms in total. The summed E-state index contributed by atoms with van der Waals surface area (Å²) in [6.07, 6.45) is 1.76. The van der Waals surface area contributed by atoms with Crippen LogP contribution in [-0.2, 0) is 24.0 Å². The first-order chi connectivity index (χ1) is 14.2. The number of thiazole rings is 1. The maximum Gasteiger partial charge on any atom is 0.276 e. The summed E-state index contributed by atoms with van der Waals surface area (Å²) in [6.45, 7) is 1.63. The lowest BCUT2D eigenvalue weighted by atomic mass is 9.98. The molecule has 3 unspecified atom stereocenters. The highest BCUT2D eigenvalue weighted by atomic mass is 32.1. The molecule has 3 rings (SSSR count). The SMILES string of the molecule is COC1C=C(O)C(=O)C=C1CO/N=C(/C(=O)NC1C(=O)N(C)C1C)c1csc(N)n1. The largest absolute Gasteiger partial charge is 0.504 e. The van der Waals surface area contributed by atoms with Crippen molar-refractivity contribution in [2.75, 3.05) is 26.5 Å². The van der Waals surface area contributed by atoms with Crippen LogP contribution in [0.5, 0.6) is 0 Å². The van der Waals surface area contributed by atoms with Gasteiger partial charge in [-0.2, -0.15) is 0 Å². The van der Waals surface area contributed by atoms with Gasteiger partial charge in [0.15, 0.2) is 16.6 Å². The van der Waals surface area contributed by atoms with Gasteiger partial charge in [0.2, 0.25) is 11.7 Å². The first-order valence-corrected chi connectivity index (χ1v) is 9.78. The fraction of sp³-hybridized carbons (Fsp3) is 0.389. The van der Waals surface area contributed by atoms with Crippen LogP contribution in [0.2, 0.25) is 0 Å². The average molecular weight is 435 g/mol. The van der Waals surface area contributed by atoms with E-state index in [2.05, 4.69) is 15.5 Å². The fourth-order valence-electron chi connectivity index (χ4n) is 2.93. The van der Waals surface area contributed by atoms with Crippen LogP contribution in [0, 0.1) is 0 Å². The summed E-state index contributed by atoms with van der Waals surface area (Å²) in [7, 11) is 3.05. The average Bonchev–Trinajstić information content (AvgIpc) is 3.16. The number of amides is 2. The molecule has 0 radical (unpaired) electrons. The molecule has 2 aliphatic rings. The number of likely N-dealkylation sites (tertiary alicyclic amines) is 1. The molecule has 2 amide bonds. The number of aliphatic hydroxyl groups excluding tert-OH is 1. The van der Waals surface area contributed by atoms with Crippen molar-refractivity contribution in [1.82, 2.24) is 15.2 Å². The maximum absolute atomic E-state index is 12.7. The van der Waals surface area contributed by atoms with Crippen molar-refractivity contribution in [2.24, 2.45) is 5.16 Å². The Morgan fingerprint density at radius 2 is 2.20 bits per heavy atom. The summed E-state index contributed by atoms with van der Waals surface area (Å²) < 4.78 is 5.19. The van der Waals surface area contributed by atoms with Crippen molar-refractivity contribution in [2.45, 2.75) is 25.1 Å². The van der Waals surface area contributed by atoms with Crippen LogP contribution in [0.25, 0.3) is 0 Å². The molecule has 0 saturated carbocycles. The molecule has 1 saturated heterocycles. The Morgan fingerprint density at radius 3 is 2.80 bits per heavy atom. The normalized spacial score (nSPS) is 24.2. The highest BCUT2D eigenvalue weighted by Gasteiger charge is 2.43. The number of carbonyl (C=O) groups excluding carboxylic acids is 3. The van der Waals surface area contributed by atoms with E-state index in [1.165, 1.54) is 29.5 Å². The predicted molar refractivity (Wildman–Crippen MR) is 108 cm³/mol. The number of carbonyl (C=O) groups is 3. The van der Waals surface area contributed by atoms with Gasteiger partial charge in [0.25, 0.3) is 5.91 Å². The number of aromatic nitrogens is 1. The van der Waals surface area contributed by atoms with E-state index in [1.807, 2.05) is 0 Å². The van der Waals surface area contributed by atoms with E-state index < -0.39 is 29.6 Å². The van der Waals surface area contributed by atoms with Gasteiger partial charge >= 0.3 is 0 Å². The molecule has 3 atom stereocenters. The molecule has 1 aliphatic carbocycles. The van der Waals surface area contributed by atoms with E-state index in [0.29, 0.717) is 5.57 Å². The van der Waals surface area contributed by atoms with Gasteiger partial charge in [0.1, 0.15) is 24.4 Å². The monoisotopic (exact) mass is 435 g/mol. The molecule has 1 aromatic rings. The minimum absolute atomic E-state index is 0.160. The first kappa shape index (κ1) is 21.5. The number of allylic oxidation sites excluding steroid dienone is 1. The van der Waals surface area contributed by atoms with E-state index in [0.717, 1.165) is 11.3 Å². The van der Waals surface area contributed by atoms with Crippen molar-refractivity contribution in [3.63, 3.8) is 0 Å². The lowest BCUT2D eigenvalue weighted by Gasteiger charge is -2.42. The molecular formula is C18H21N5O6S. The lowest BCUT2D eigenvalue weighted by Crippen LogP contribution is -2.68. The summed E-state index contributed by atoms with van der Waals surface area (Å²) in [4.78, 5) is 47.2. The summed E-state index contributed by atoms with van der Waals surface area (Å²) >= 11 is 1.12. The topological polar surface area (TPSA) is 156 Å². The number of nitrogens with one attached hydrogen (secondary N) is 1. The molecule has 4 N–H and O–H groups in total. The van der Waals surface area contributed by atoms with E-state index >= 15 is 0 Å². The minimum Gasteiger partial charge on any atom is -0.504 e. The number of likely N-dealkylation sites (N-methyl/N-ethyl adjacent to an activating group) is 1. The quantitative estimate of drug-likeness (QED) is 0.301. The zero-order valence-electron chi connectivity index (χ0n) is 16.5. The molecule has 0 aromatic carbocycles. The number of ether oxygens (including phenoxy) is 1. The van der Waals surface area contributed by atoms with E-state index in [1.54, 1.807) is 14.0 Å². The second kappa shape index (κ2) is 8.63. The lowest BCUT2D eigenvalue weighted by molar-refractivity contribution is -0.149. The Labute approximate surface area is 175 Å². The van der Waals surface area contributed by atoms with Crippen molar-refractivity contribution in [3.05, 3.63) is 34.6 Å². The van der Waals surface area contributed by atoms with Crippen LogP contribution < -0.4 is 11.1 Å². The fourth-order valence-corrected chi connectivity index (χ4v) is 3.48. The molecule has 30 heavy (non-hydrogen) atoms. The number of aliphatic hydroxyl groups is 1. The van der Waals surface area contributed by atoms with Gasteiger partial charge in [-0.1, -0.05) is 5.16 Å². The summed E-state index contributed by atoms with van der Waals surface area (Å²) in [5.41, 5.74) is 6.09. The smallest absolute Gasteiger partial charge is 0.276 e. The van der Waals surface area contributed by atoms with Gasteiger partial charge in [0, 0.05) is 25.1 Å². The number of oxime groups is 1. The van der Waals surface area contributed by atoms with Crippen molar-refractivity contribution in [3.8, 4) is 0 Å². The Balaban J connectivity index is 1.75. The molecule has 2 heterocycles. The number of hydrogen-bond donors (Lipinski definition) is 3. The van der Waals surface area contributed by atoms with Gasteiger partial charge in [-0.3, -0.25) is 14.4 Å². The van der Waals surface area contributed by atoms with Crippen LogP contribution >= 0.6 is 11.3 Å².